The number of carboxylic acid groups (broad SMARTS) is 1. The summed E-state index contributed by atoms with van der Waals surface area (Å²) in [5, 5.41) is 8.98. The molecular formula is C11H16N2O4S. The Balaban J connectivity index is 2.29. The summed E-state index contributed by atoms with van der Waals surface area (Å²) in [5.41, 5.74) is -0.00788. The number of hydrogen-bond acceptors (Lipinski definition) is 3. The Morgan fingerprint density at radius 1 is 1.56 bits per heavy atom. The van der Waals surface area contributed by atoms with E-state index in [4.69, 9.17) is 5.11 Å². The molecule has 100 valence electrons. The molecule has 0 aromatic carbocycles. The first-order valence-corrected chi connectivity index (χ1v) is 7.38. The maximum absolute atomic E-state index is 12.0. The molecule has 1 aliphatic rings. The summed E-state index contributed by atoms with van der Waals surface area (Å²) < 4.78 is 28.0. The molecule has 1 saturated carbocycles. The molecule has 0 unspecified atom stereocenters. The number of aromatic nitrogens is 1. The van der Waals surface area contributed by atoms with E-state index in [2.05, 4.69) is 4.72 Å². The van der Waals surface area contributed by atoms with Gasteiger partial charge in [-0.05, 0) is 25.8 Å². The molecule has 2 rings (SSSR count). The molecule has 2 N–H and O–H groups in total. The van der Waals surface area contributed by atoms with Crippen LogP contribution in [-0.4, -0.2) is 30.1 Å². The smallest absolute Gasteiger partial charge is 0.352 e. The van der Waals surface area contributed by atoms with Crippen LogP contribution in [0.25, 0.3) is 0 Å². The van der Waals surface area contributed by atoms with Gasteiger partial charge in [-0.1, -0.05) is 6.42 Å². The van der Waals surface area contributed by atoms with E-state index in [0.29, 0.717) is 6.54 Å². The van der Waals surface area contributed by atoms with E-state index in [9.17, 15) is 13.2 Å². The number of aromatic carboxylic acids is 1. The van der Waals surface area contributed by atoms with Crippen LogP contribution in [0.1, 0.15) is 36.7 Å². The molecule has 0 atom stereocenters. The number of carboxylic acids is 1. The van der Waals surface area contributed by atoms with Crippen LogP contribution in [0.4, 0.5) is 0 Å². The van der Waals surface area contributed by atoms with Crippen molar-refractivity contribution in [1.29, 1.82) is 0 Å². The molecule has 18 heavy (non-hydrogen) atoms. The molecule has 7 heteroatoms. The second-order valence-corrected chi connectivity index (χ2v) is 6.12. The zero-order chi connectivity index (χ0) is 13.3. The van der Waals surface area contributed by atoms with E-state index in [-0.39, 0.29) is 16.6 Å². The first-order valence-electron chi connectivity index (χ1n) is 5.90. The quantitative estimate of drug-likeness (QED) is 0.838. The van der Waals surface area contributed by atoms with E-state index >= 15 is 0 Å². The summed E-state index contributed by atoms with van der Waals surface area (Å²) in [6, 6.07) is 1.19. The van der Waals surface area contributed by atoms with Crippen LogP contribution >= 0.6 is 0 Å². The fraction of sp³-hybridized carbons (Fsp3) is 0.545. The van der Waals surface area contributed by atoms with Crippen LogP contribution in [0.15, 0.2) is 17.2 Å². The largest absolute Gasteiger partial charge is 0.477 e. The van der Waals surface area contributed by atoms with Crippen molar-refractivity contribution >= 4 is 16.0 Å². The van der Waals surface area contributed by atoms with Gasteiger partial charge in [-0.15, -0.1) is 0 Å². The molecule has 0 amide bonds. The van der Waals surface area contributed by atoms with Crippen molar-refractivity contribution in [3.63, 3.8) is 0 Å². The summed E-state index contributed by atoms with van der Waals surface area (Å²) in [5.74, 6) is -1.12. The van der Waals surface area contributed by atoms with Gasteiger partial charge in [0.15, 0.2) is 0 Å². The summed E-state index contributed by atoms with van der Waals surface area (Å²) in [6.45, 7) is 2.18. The normalized spacial score (nSPS) is 16.5. The average molecular weight is 272 g/mol. The number of aryl methyl sites for hydroxylation is 1. The van der Waals surface area contributed by atoms with Crippen LogP contribution in [0.5, 0.6) is 0 Å². The van der Waals surface area contributed by atoms with Crippen LogP contribution in [0, 0.1) is 0 Å². The Kier molecular flexibility index (Phi) is 3.45. The van der Waals surface area contributed by atoms with Crippen LogP contribution in [0.3, 0.4) is 0 Å². The van der Waals surface area contributed by atoms with Crippen LogP contribution < -0.4 is 4.72 Å². The molecule has 0 aliphatic heterocycles. The highest BCUT2D eigenvalue weighted by Crippen LogP contribution is 2.22. The van der Waals surface area contributed by atoms with Crippen molar-refractivity contribution < 1.29 is 18.3 Å². The monoisotopic (exact) mass is 272 g/mol. The van der Waals surface area contributed by atoms with Gasteiger partial charge in [0.25, 0.3) is 0 Å². The number of hydrogen-bond donors (Lipinski definition) is 2. The highest BCUT2D eigenvalue weighted by Gasteiger charge is 2.26. The molecule has 0 bridgehead atoms. The van der Waals surface area contributed by atoms with Crippen LogP contribution in [-0.2, 0) is 16.6 Å². The Bertz CT molecular complexity index is 558. The molecule has 6 nitrogen and oxygen atoms in total. The Morgan fingerprint density at radius 2 is 2.22 bits per heavy atom. The lowest BCUT2D eigenvalue weighted by Gasteiger charge is -2.25. The number of rotatable bonds is 5. The van der Waals surface area contributed by atoms with Gasteiger partial charge in [-0.25, -0.2) is 17.9 Å². The molecule has 1 fully saturated rings. The standard InChI is InChI=1S/C11H16N2O4S/c1-2-13-7-9(6-10(13)11(14)15)18(16,17)12-8-4-3-5-8/h6-8,12H,2-5H2,1H3,(H,14,15). The molecule has 1 heterocycles. The zero-order valence-corrected chi connectivity index (χ0v) is 10.9. The van der Waals surface area contributed by atoms with E-state index in [1.54, 1.807) is 6.92 Å². The number of sulfonamides is 1. The second-order valence-electron chi connectivity index (χ2n) is 4.40. The third kappa shape index (κ3) is 2.41. The van der Waals surface area contributed by atoms with Gasteiger partial charge in [0.05, 0.1) is 0 Å². The second kappa shape index (κ2) is 4.74. The first kappa shape index (κ1) is 13.1. The average Bonchev–Trinajstić information content (AvgIpc) is 2.68. The van der Waals surface area contributed by atoms with Gasteiger partial charge < -0.3 is 9.67 Å². The van der Waals surface area contributed by atoms with Gasteiger partial charge >= 0.3 is 5.97 Å². The van der Waals surface area contributed by atoms with Gasteiger partial charge in [0, 0.05) is 18.8 Å². The van der Waals surface area contributed by atoms with Crippen molar-refractivity contribution in [2.45, 2.75) is 43.7 Å². The Morgan fingerprint density at radius 3 is 2.61 bits per heavy atom. The molecule has 0 spiro atoms. The van der Waals surface area contributed by atoms with Crippen molar-refractivity contribution in [2.75, 3.05) is 0 Å². The first-order chi connectivity index (χ1) is 8.44. The third-order valence-corrected chi connectivity index (χ3v) is 4.66. The van der Waals surface area contributed by atoms with E-state index in [1.165, 1.54) is 16.8 Å². The predicted molar refractivity (Wildman–Crippen MR) is 65.0 cm³/mol. The lowest BCUT2D eigenvalue weighted by atomic mass is 9.94. The van der Waals surface area contributed by atoms with E-state index in [0.717, 1.165) is 19.3 Å². The van der Waals surface area contributed by atoms with E-state index in [1.807, 2.05) is 0 Å². The molecule has 0 radical (unpaired) electrons. The fourth-order valence-corrected chi connectivity index (χ4v) is 3.23. The van der Waals surface area contributed by atoms with Crippen molar-refractivity contribution in [1.82, 2.24) is 9.29 Å². The van der Waals surface area contributed by atoms with E-state index < -0.39 is 16.0 Å². The van der Waals surface area contributed by atoms with Crippen molar-refractivity contribution in [3.05, 3.63) is 18.0 Å². The molecule has 1 aliphatic carbocycles. The Hall–Kier alpha value is -1.34. The van der Waals surface area contributed by atoms with Gasteiger partial charge in [-0.3, -0.25) is 0 Å². The maximum atomic E-state index is 12.0. The zero-order valence-electron chi connectivity index (χ0n) is 10.1. The minimum absolute atomic E-state index is 0.00625. The molecular weight excluding hydrogens is 256 g/mol. The van der Waals surface area contributed by atoms with Gasteiger partial charge in [-0.2, -0.15) is 0 Å². The molecule has 1 aromatic rings. The number of nitrogens with one attached hydrogen (secondary N) is 1. The summed E-state index contributed by atoms with van der Waals surface area (Å²) in [6.07, 6.45) is 4.09. The third-order valence-electron chi connectivity index (χ3n) is 3.17. The predicted octanol–water partition coefficient (Wildman–Crippen LogP) is 1.04. The van der Waals surface area contributed by atoms with Crippen molar-refractivity contribution in [3.8, 4) is 0 Å². The highest BCUT2D eigenvalue weighted by atomic mass is 32.2. The minimum atomic E-state index is -3.60. The van der Waals surface area contributed by atoms with Crippen molar-refractivity contribution in [2.24, 2.45) is 0 Å². The molecule has 1 aromatic heterocycles. The van der Waals surface area contributed by atoms with Gasteiger partial charge in [0.2, 0.25) is 10.0 Å². The number of nitrogens with zero attached hydrogens (tertiary/aromatic N) is 1. The minimum Gasteiger partial charge on any atom is -0.477 e. The maximum Gasteiger partial charge on any atom is 0.352 e. The SMILES string of the molecule is CCn1cc(S(=O)(=O)NC2CCC2)cc1C(=O)O. The summed E-state index contributed by atoms with van der Waals surface area (Å²) in [4.78, 5) is 11.0. The topological polar surface area (TPSA) is 88.4 Å². The molecule has 0 saturated heterocycles. The van der Waals surface area contributed by atoms with Crippen LogP contribution in [0.2, 0.25) is 0 Å². The highest BCUT2D eigenvalue weighted by molar-refractivity contribution is 7.89. The lowest BCUT2D eigenvalue weighted by Crippen LogP contribution is -2.39. The summed E-state index contributed by atoms with van der Waals surface area (Å²) >= 11 is 0. The lowest BCUT2D eigenvalue weighted by molar-refractivity contribution is 0.0685. The number of carbonyl (C=O) groups is 1. The van der Waals surface area contributed by atoms with Gasteiger partial charge in [0.1, 0.15) is 10.6 Å². The fourth-order valence-electron chi connectivity index (χ4n) is 1.88. The summed E-state index contributed by atoms with van der Waals surface area (Å²) in [7, 11) is -3.60. The Labute approximate surface area is 106 Å².